The molecule has 1 aromatic carbocycles. The molecule has 0 saturated heterocycles. The van der Waals surface area contributed by atoms with Gasteiger partial charge in [-0.1, -0.05) is 25.1 Å². The van der Waals surface area contributed by atoms with Gasteiger partial charge in [0, 0.05) is 17.6 Å². The summed E-state index contributed by atoms with van der Waals surface area (Å²) in [6.45, 7) is 5.54. The maximum absolute atomic E-state index is 9.29. The Balaban J connectivity index is 2.08. The van der Waals surface area contributed by atoms with Crippen LogP contribution in [-0.4, -0.2) is 18.3 Å². The molecule has 0 atom stereocenters. The van der Waals surface area contributed by atoms with E-state index in [2.05, 4.69) is 37.4 Å². The molecule has 2 nitrogen and oxygen atoms in total. The van der Waals surface area contributed by atoms with Gasteiger partial charge in [-0.3, -0.25) is 0 Å². The van der Waals surface area contributed by atoms with Gasteiger partial charge in [0.05, 0.1) is 6.61 Å². The van der Waals surface area contributed by atoms with E-state index in [0.29, 0.717) is 6.61 Å². The van der Waals surface area contributed by atoms with Crippen molar-refractivity contribution >= 4 is 5.69 Å². The van der Waals surface area contributed by atoms with E-state index in [0.717, 1.165) is 25.8 Å². The third-order valence-electron chi connectivity index (χ3n) is 3.67. The average Bonchev–Trinajstić information content (AvgIpc) is 3.08. The Morgan fingerprint density at radius 3 is 2.69 bits per heavy atom. The number of aliphatic hydroxyl groups is 1. The second-order valence-corrected chi connectivity index (χ2v) is 4.97. The number of para-hydroxylation sites is 1. The van der Waals surface area contributed by atoms with Crippen LogP contribution in [0.3, 0.4) is 0 Å². The van der Waals surface area contributed by atoms with Crippen molar-refractivity contribution in [2.75, 3.05) is 18.5 Å². The molecule has 1 aromatic rings. The van der Waals surface area contributed by atoms with Crippen LogP contribution in [0.15, 0.2) is 18.2 Å². The van der Waals surface area contributed by atoms with E-state index in [1.165, 1.54) is 16.8 Å². The van der Waals surface area contributed by atoms with Gasteiger partial charge in [-0.25, -0.2) is 0 Å². The van der Waals surface area contributed by atoms with Crippen molar-refractivity contribution in [1.82, 2.24) is 0 Å². The zero-order chi connectivity index (χ0) is 11.6. The number of nitrogens with one attached hydrogen (secondary N) is 1. The summed E-state index contributed by atoms with van der Waals surface area (Å²) >= 11 is 0. The highest BCUT2D eigenvalue weighted by Gasteiger charge is 2.41. The molecule has 2 N–H and O–H groups in total. The summed E-state index contributed by atoms with van der Waals surface area (Å²) in [6, 6.07) is 6.42. The van der Waals surface area contributed by atoms with Gasteiger partial charge in [0.15, 0.2) is 0 Å². The third kappa shape index (κ3) is 2.22. The molecule has 0 amide bonds. The molecule has 0 unspecified atom stereocenters. The molecule has 1 saturated carbocycles. The zero-order valence-electron chi connectivity index (χ0n) is 10.2. The number of hydrogen-bond acceptors (Lipinski definition) is 2. The number of rotatable bonds is 5. The number of hydrogen-bond donors (Lipinski definition) is 2. The molecule has 0 spiro atoms. The average molecular weight is 219 g/mol. The van der Waals surface area contributed by atoms with Crippen LogP contribution < -0.4 is 5.32 Å². The lowest BCUT2D eigenvalue weighted by molar-refractivity contribution is 0.220. The lowest BCUT2D eigenvalue weighted by Crippen LogP contribution is -2.20. The van der Waals surface area contributed by atoms with Crippen LogP contribution in [-0.2, 0) is 6.42 Å². The van der Waals surface area contributed by atoms with Crippen LogP contribution in [0.25, 0.3) is 0 Å². The van der Waals surface area contributed by atoms with E-state index in [1.54, 1.807) is 0 Å². The summed E-state index contributed by atoms with van der Waals surface area (Å²) in [5.74, 6) is 0. The summed E-state index contributed by atoms with van der Waals surface area (Å²) < 4.78 is 0. The summed E-state index contributed by atoms with van der Waals surface area (Å²) in [6.07, 6.45) is 3.36. The molecule has 2 rings (SSSR count). The van der Waals surface area contributed by atoms with E-state index >= 15 is 0 Å². The molecule has 0 bridgehead atoms. The first kappa shape index (κ1) is 11.5. The Morgan fingerprint density at radius 1 is 1.38 bits per heavy atom. The number of anilines is 1. The van der Waals surface area contributed by atoms with E-state index in [4.69, 9.17) is 0 Å². The number of benzene rings is 1. The molecule has 88 valence electrons. The van der Waals surface area contributed by atoms with Crippen molar-refractivity contribution < 1.29 is 5.11 Å². The van der Waals surface area contributed by atoms with Crippen LogP contribution >= 0.6 is 0 Å². The molecule has 1 fully saturated rings. The SMILES string of the molecule is CCc1cccc(C)c1NCC1(CO)CC1. The minimum atomic E-state index is 0.174. The molecule has 1 aliphatic rings. The van der Waals surface area contributed by atoms with Crippen molar-refractivity contribution in [1.29, 1.82) is 0 Å². The first-order chi connectivity index (χ1) is 7.71. The largest absolute Gasteiger partial charge is 0.396 e. The van der Waals surface area contributed by atoms with Gasteiger partial charge >= 0.3 is 0 Å². The van der Waals surface area contributed by atoms with Gasteiger partial charge in [-0.2, -0.15) is 0 Å². The van der Waals surface area contributed by atoms with Gasteiger partial charge in [0.2, 0.25) is 0 Å². The maximum Gasteiger partial charge on any atom is 0.0504 e. The molecule has 0 aliphatic heterocycles. The highest BCUT2D eigenvalue weighted by atomic mass is 16.3. The van der Waals surface area contributed by atoms with Gasteiger partial charge < -0.3 is 10.4 Å². The Morgan fingerprint density at radius 2 is 2.12 bits per heavy atom. The maximum atomic E-state index is 9.29. The Bertz CT molecular complexity index is 369. The molecule has 0 heterocycles. The van der Waals surface area contributed by atoms with E-state index in [9.17, 15) is 5.11 Å². The van der Waals surface area contributed by atoms with Gasteiger partial charge in [0.1, 0.15) is 0 Å². The molecule has 1 aliphatic carbocycles. The third-order valence-corrected chi connectivity index (χ3v) is 3.67. The summed E-state index contributed by atoms with van der Waals surface area (Å²) in [5.41, 5.74) is 4.11. The Kier molecular flexibility index (Phi) is 3.20. The predicted octanol–water partition coefficient (Wildman–Crippen LogP) is 2.74. The fourth-order valence-corrected chi connectivity index (χ4v) is 2.12. The lowest BCUT2D eigenvalue weighted by Gasteiger charge is -2.18. The second kappa shape index (κ2) is 4.46. The standard InChI is InChI=1S/C14H21NO/c1-3-12-6-4-5-11(2)13(12)15-9-14(10-16)7-8-14/h4-6,15-16H,3,7-10H2,1-2H3. The summed E-state index contributed by atoms with van der Waals surface area (Å²) in [7, 11) is 0. The monoisotopic (exact) mass is 219 g/mol. The van der Waals surface area contributed by atoms with Gasteiger partial charge in [-0.05, 0) is 37.3 Å². The van der Waals surface area contributed by atoms with Crippen LogP contribution in [0.2, 0.25) is 0 Å². The second-order valence-electron chi connectivity index (χ2n) is 4.97. The summed E-state index contributed by atoms with van der Waals surface area (Å²) in [5, 5.41) is 12.8. The minimum absolute atomic E-state index is 0.174. The molecule has 0 radical (unpaired) electrons. The van der Waals surface area contributed by atoms with E-state index in [-0.39, 0.29) is 5.41 Å². The van der Waals surface area contributed by atoms with Crippen molar-refractivity contribution in [3.8, 4) is 0 Å². The quantitative estimate of drug-likeness (QED) is 0.798. The van der Waals surface area contributed by atoms with Crippen molar-refractivity contribution in [3.05, 3.63) is 29.3 Å². The molecular formula is C14H21NO. The number of aryl methyl sites for hydroxylation is 2. The molecule has 2 heteroatoms. The van der Waals surface area contributed by atoms with Crippen molar-refractivity contribution in [2.24, 2.45) is 5.41 Å². The topological polar surface area (TPSA) is 32.3 Å². The van der Waals surface area contributed by atoms with E-state index in [1.807, 2.05) is 0 Å². The van der Waals surface area contributed by atoms with E-state index < -0.39 is 0 Å². The van der Waals surface area contributed by atoms with Crippen LogP contribution in [0.5, 0.6) is 0 Å². The fourth-order valence-electron chi connectivity index (χ4n) is 2.12. The van der Waals surface area contributed by atoms with Crippen molar-refractivity contribution in [3.63, 3.8) is 0 Å². The Labute approximate surface area is 97.7 Å². The minimum Gasteiger partial charge on any atom is -0.396 e. The smallest absolute Gasteiger partial charge is 0.0504 e. The highest BCUT2D eigenvalue weighted by Crippen LogP contribution is 2.45. The number of aliphatic hydroxyl groups excluding tert-OH is 1. The normalized spacial score (nSPS) is 17.2. The van der Waals surface area contributed by atoms with Crippen LogP contribution in [0, 0.1) is 12.3 Å². The molecule has 16 heavy (non-hydrogen) atoms. The highest BCUT2D eigenvalue weighted by molar-refractivity contribution is 5.57. The van der Waals surface area contributed by atoms with Crippen LogP contribution in [0.4, 0.5) is 5.69 Å². The molecular weight excluding hydrogens is 198 g/mol. The fraction of sp³-hybridized carbons (Fsp3) is 0.571. The Hall–Kier alpha value is -1.02. The van der Waals surface area contributed by atoms with Crippen LogP contribution in [0.1, 0.15) is 30.9 Å². The lowest BCUT2D eigenvalue weighted by atomic mass is 10.0. The first-order valence-corrected chi connectivity index (χ1v) is 6.14. The molecule has 0 aromatic heterocycles. The van der Waals surface area contributed by atoms with Gasteiger partial charge in [-0.15, -0.1) is 0 Å². The van der Waals surface area contributed by atoms with Crippen molar-refractivity contribution in [2.45, 2.75) is 33.1 Å². The zero-order valence-corrected chi connectivity index (χ0v) is 10.2. The summed E-state index contributed by atoms with van der Waals surface area (Å²) in [4.78, 5) is 0. The van der Waals surface area contributed by atoms with Gasteiger partial charge in [0.25, 0.3) is 0 Å². The predicted molar refractivity (Wildman–Crippen MR) is 67.8 cm³/mol. The first-order valence-electron chi connectivity index (χ1n) is 6.14.